The smallest absolute Gasteiger partial charge is 0.325 e. The number of carbonyl (C=O) groups is 3. The highest BCUT2D eigenvalue weighted by atomic mass is 16.5. The molecule has 1 heterocycles. The molecule has 6 nitrogen and oxygen atoms in total. The second kappa shape index (κ2) is 9.02. The van der Waals surface area contributed by atoms with Gasteiger partial charge in [-0.1, -0.05) is 37.5 Å². The number of anilines is 1. The van der Waals surface area contributed by atoms with E-state index in [-0.39, 0.29) is 13.2 Å². The van der Waals surface area contributed by atoms with E-state index in [9.17, 15) is 14.4 Å². The van der Waals surface area contributed by atoms with Crippen LogP contribution in [0.3, 0.4) is 0 Å². The van der Waals surface area contributed by atoms with Crippen LogP contribution in [0.2, 0.25) is 0 Å². The van der Waals surface area contributed by atoms with Gasteiger partial charge in [-0.2, -0.15) is 0 Å². The summed E-state index contributed by atoms with van der Waals surface area (Å²) in [5.74, 6) is -1.63. The van der Waals surface area contributed by atoms with Gasteiger partial charge in [0.15, 0.2) is 0 Å². The van der Waals surface area contributed by atoms with Crippen molar-refractivity contribution >= 4 is 23.3 Å². The fourth-order valence-electron chi connectivity index (χ4n) is 4.09. The Labute approximate surface area is 160 Å². The van der Waals surface area contributed by atoms with Crippen molar-refractivity contribution in [3.05, 3.63) is 29.8 Å². The van der Waals surface area contributed by atoms with Gasteiger partial charge in [-0.3, -0.25) is 14.4 Å². The average Bonchev–Trinajstić information content (AvgIpc) is 3.11. The molecule has 0 saturated heterocycles. The number of carbonyl (C=O) groups excluding carboxylic acids is 3. The first kappa shape index (κ1) is 19.4. The normalized spacial score (nSPS) is 19.1. The minimum atomic E-state index is -0.572. The van der Waals surface area contributed by atoms with Gasteiger partial charge >= 0.3 is 5.97 Å². The molecule has 0 bridgehead atoms. The Morgan fingerprint density at radius 2 is 1.89 bits per heavy atom. The lowest BCUT2D eigenvalue weighted by Gasteiger charge is -2.29. The van der Waals surface area contributed by atoms with Crippen LogP contribution in [0, 0.1) is 5.92 Å². The molecule has 1 aromatic carbocycles. The SMILES string of the molecule is CCOC(=O)CN(CC1CCCCC1)C(=O)C(=O)C1CNc2ccccc21. The number of hydrogen-bond acceptors (Lipinski definition) is 5. The van der Waals surface area contributed by atoms with E-state index in [0.717, 1.165) is 36.9 Å². The minimum Gasteiger partial charge on any atom is -0.465 e. The number of amides is 1. The van der Waals surface area contributed by atoms with Crippen molar-refractivity contribution < 1.29 is 19.1 Å². The maximum atomic E-state index is 13.0. The molecule has 146 valence electrons. The summed E-state index contributed by atoms with van der Waals surface area (Å²) in [5, 5.41) is 3.18. The first-order valence-corrected chi connectivity index (χ1v) is 9.91. The van der Waals surface area contributed by atoms with Gasteiger partial charge in [0, 0.05) is 18.8 Å². The zero-order chi connectivity index (χ0) is 19.2. The molecule has 6 heteroatoms. The summed E-state index contributed by atoms with van der Waals surface area (Å²) < 4.78 is 5.02. The second-order valence-electron chi connectivity index (χ2n) is 7.38. The lowest BCUT2D eigenvalue weighted by molar-refractivity contribution is -0.152. The van der Waals surface area contributed by atoms with Gasteiger partial charge in [0.2, 0.25) is 5.78 Å². The number of benzene rings is 1. The summed E-state index contributed by atoms with van der Waals surface area (Å²) in [5.41, 5.74) is 1.75. The standard InChI is InChI=1S/C21H28N2O4/c1-2-27-19(24)14-23(13-15-8-4-3-5-9-15)21(26)20(25)17-12-22-18-11-7-6-10-16(17)18/h6-7,10-11,15,17,22H,2-5,8-9,12-14H2,1H3. The van der Waals surface area contributed by atoms with Gasteiger partial charge < -0.3 is 15.0 Å². The van der Waals surface area contributed by atoms with E-state index in [1.165, 1.54) is 11.3 Å². The molecule has 2 aliphatic rings. The summed E-state index contributed by atoms with van der Waals surface area (Å²) in [6.07, 6.45) is 5.56. The number of nitrogens with one attached hydrogen (secondary N) is 1. The van der Waals surface area contributed by atoms with Crippen LogP contribution in [0.1, 0.15) is 50.5 Å². The molecule has 0 spiro atoms. The summed E-state index contributed by atoms with van der Waals surface area (Å²) in [7, 11) is 0. The number of ketones is 1. The number of fused-ring (bicyclic) bond motifs is 1. The third-order valence-electron chi connectivity index (χ3n) is 5.48. The van der Waals surface area contributed by atoms with Crippen molar-refractivity contribution in [2.24, 2.45) is 5.92 Å². The molecule has 0 radical (unpaired) electrons. The van der Waals surface area contributed by atoms with Crippen molar-refractivity contribution in [3.63, 3.8) is 0 Å². The number of rotatable bonds is 7. The van der Waals surface area contributed by atoms with Crippen molar-refractivity contribution in [2.75, 3.05) is 31.6 Å². The monoisotopic (exact) mass is 372 g/mol. The lowest BCUT2D eigenvalue weighted by Crippen LogP contribution is -2.45. The zero-order valence-electron chi connectivity index (χ0n) is 15.9. The molecule has 1 unspecified atom stereocenters. The van der Waals surface area contributed by atoms with Gasteiger partial charge in [0.05, 0.1) is 12.5 Å². The van der Waals surface area contributed by atoms with Gasteiger partial charge in [0.25, 0.3) is 5.91 Å². The third kappa shape index (κ3) is 4.67. The van der Waals surface area contributed by atoms with Gasteiger partial charge in [0.1, 0.15) is 6.54 Å². The Morgan fingerprint density at radius 1 is 1.15 bits per heavy atom. The summed E-state index contributed by atoms with van der Waals surface area (Å²) in [4.78, 5) is 39.4. The molecule has 1 amide bonds. The fraction of sp³-hybridized carbons (Fsp3) is 0.571. The van der Waals surface area contributed by atoms with Gasteiger partial charge in [-0.05, 0) is 37.3 Å². The van der Waals surface area contributed by atoms with Crippen molar-refractivity contribution in [1.82, 2.24) is 4.90 Å². The predicted octanol–water partition coefficient (Wildman–Crippen LogP) is 2.74. The number of ether oxygens (including phenoxy) is 1. The number of nitrogens with zero attached hydrogens (tertiary/aromatic N) is 1. The van der Waals surface area contributed by atoms with E-state index in [1.54, 1.807) is 6.92 Å². The molecular weight excluding hydrogens is 344 g/mol. The highest BCUT2D eigenvalue weighted by Gasteiger charge is 2.36. The Bertz CT molecular complexity index is 697. The molecule has 1 atom stereocenters. The molecule has 1 saturated carbocycles. The molecule has 1 aliphatic carbocycles. The van der Waals surface area contributed by atoms with Crippen molar-refractivity contribution in [1.29, 1.82) is 0 Å². The van der Waals surface area contributed by atoms with E-state index >= 15 is 0 Å². The van der Waals surface area contributed by atoms with Crippen molar-refractivity contribution in [3.8, 4) is 0 Å². The van der Waals surface area contributed by atoms with E-state index in [1.807, 2.05) is 24.3 Å². The summed E-state index contributed by atoms with van der Waals surface area (Å²) in [6, 6.07) is 7.55. The predicted molar refractivity (Wildman–Crippen MR) is 102 cm³/mol. The maximum absolute atomic E-state index is 13.0. The van der Waals surface area contributed by atoms with Gasteiger partial charge in [-0.25, -0.2) is 0 Å². The van der Waals surface area contributed by atoms with Crippen molar-refractivity contribution in [2.45, 2.75) is 44.9 Å². The number of Topliss-reactive ketones (excluding diaryl/α,β-unsaturated/α-hetero) is 1. The largest absolute Gasteiger partial charge is 0.465 e. The Morgan fingerprint density at radius 3 is 2.63 bits per heavy atom. The first-order chi connectivity index (χ1) is 13.1. The highest BCUT2D eigenvalue weighted by Crippen LogP contribution is 2.32. The number of esters is 1. The Kier molecular flexibility index (Phi) is 6.48. The molecule has 27 heavy (non-hydrogen) atoms. The third-order valence-corrected chi connectivity index (χ3v) is 5.48. The van der Waals surface area contributed by atoms with Crippen LogP contribution < -0.4 is 5.32 Å². The van der Waals surface area contributed by atoms with E-state index in [0.29, 0.717) is 19.0 Å². The maximum Gasteiger partial charge on any atom is 0.325 e. The zero-order valence-corrected chi connectivity index (χ0v) is 15.9. The molecule has 0 aromatic heterocycles. The molecule has 1 aromatic rings. The molecular formula is C21H28N2O4. The van der Waals surface area contributed by atoms with Crippen LogP contribution in [0.5, 0.6) is 0 Å². The van der Waals surface area contributed by atoms with Crippen LogP contribution in [0.15, 0.2) is 24.3 Å². The highest BCUT2D eigenvalue weighted by molar-refractivity contribution is 6.38. The minimum absolute atomic E-state index is 0.156. The van der Waals surface area contributed by atoms with Crippen LogP contribution in [0.4, 0.5) is 5.69 Å². The fourth-order valence-corrected chi connectivity index (χ4v) is 4.09. The second-order valence-corrected chi connectivity index (χ2v) is 7.38. The average molecular weight is 372 g/mol. The summed E-state index contributed by atoms with van der Waals surface area (Å²) in [6.45, 7) is 2.71. The Hall–Kier alpha value is -2.37. The van der Waals surface area contributed by atoms with Crippen LogP contribution in [-0.4, -0.2) is 48.8 Å². The summed E-state index contributed by atoms with van der Waals surface area (Å²) >= 11 is 0. The Balaban J connectivity index is 1.72. The van der Waals surface area contributed by atoms with Gasteiger partial charge in [-0.15, -0.1) is 0 Å². The van der Waals surface area contributed by atoms with Crippen LogP contribution in [0.25, 0.3) is 0 Å². The topological polar surface area (TPSA) is 75.7 Å². The van der Waals surface area contributed by atoms with E-state index < -0.39 is 23.6 Å². The molecule has 3 rings (SSSR count). The van der Waals surface area contributed by atoms with E-state index in [2.05, 4.69) is 5.32 Å². The quantitative estimate of drug-likeness (QED) is 0.588. The molecule has 1 aliphatic heterocycles. The number of para-hydroxylation sites is 1. The van der Waals surface area contributed by atoms with E-state index in [4.69, 9.17) is 4.74 Å². The number of hydrogen-bond donors (Lipinski definition) is 1. The van der Waals surface area contributed by atoms with Crippen LogP contribution in [-0.2, 0) is 19.1 Å². The molecule has 1 fully saturated rings. The first-order valence-electron chi connectivity index (χ1n) is 9.91. The lowest BCUT2D eigenvalue weighted by atomic mass is 9.88. The van der Waals surface area contributed by atoms with Crippen LogP contribution >= 0.6 is 0 Å². The molecule has 1 N–H and O–H groups in total.